The normalized spacial score (nSPS) is 14.2. The van der Waals surface area contributed by atoms with E-state index in [0.717, 1.165) is 23.6 Å². The van der Waals surface area contributed by atoms with Crippen LogP contribution in [0.3, 0.4) is 0 Å². The smallest absolute Gasteiger partial charge is 0.339 e. The minimum Gasteiger partial charge on any atom is -0.507 e. The van der Waals surface area contributed by atoms with Crippen LogP contribution >= 0.6 is 0 Å². The number of fused-ring (bicyclic) bond motifs is 1. The van der Waals surface area contributed by atoms with Crippen LogP contribution in [0.5, 0.6) is 17.2 Å². The molecule has 1 heterocycles. The largest absolute Gasteiger partial charge is 0.507 e. The van der Waals surface area contributed by atoms with Crippen LogP contribution < -0.4 is 9.47 Å². The molecule has 0 radical (unpaired) electrons. The second-order valence-electron chi connectivity index (χ2n) is 6.87. The summed E-state index contributed by atoms with van der Waals surface area (Å²) >= 11 is 0. The highest BCUT2D eigenvalue weighted by Crippen LogP contribution is 2.35. The average molecular weight is 371 g/mol. The van der Waals surface area contributed by atoms with Gasteiger partial charge in [-0.1, -0.05) is 12.1 Å². The summed E-state index contributed by atoms with van der Waals surface area (Å²) in [7, 11) is 3.32. The van der Waals surface area contributed by atoms with E-state index in [1.54, 1.807) is 26.4 Å². The zero-order valence-corrected chi connectivity index (χ0v) is 16.2. The lowest BCUT2D eigenvalue weighted by molar-refractivity contribution is 0.0693. The maximum absolute atomic E-state index is 10.3. The lowest BCUT2D eigenvalue weighted by Gasteiger charge is -2.28. The van der Waals surface area contributed by atoms with Crippen molar-refractivity contribution in [2.45, 2.75) is 32.7 Å². The summed E-state index contributed by atoms with van der Waals surface area (Å²) in [5.74, 6) is 0.241. The number of carbonyl (C=O) groups is 1. The molecule has 0 aliphatic carbocycles. The standard InChI is InChI=1S/C14H19NO2.C7H6O3/c1-9-11-7-13(17-5)12(16-4)6-10(11)8-14(2,3)15-9;8-6-4-2-1-3-5(6)7(9)10/h6-7H,8H2,1-5H3;1-4,8H,(H,9,10). The van der Waals surface area contributed by atoms with Crippen molar-refractivity contribution in [1.29, 1.82) is 0 Å². The number of aromatic hydroxyl groups is 1. The first kappa shape index (κ1) is 20.3. The van der Waals surface area contributed by atoms with Crippen molar-refractivity contribution in [2.75, 3.05) is 14.2 Å². The Morgan fingerprint density at radius 2 is 1.70 bits per heavy atom. The Bertz CT molecular complexity index is 871. The Labute approximate surface area is 159 Å². The molecule has 0 bridgehead atoms. The summed E-state index contributed by atoms with van der Waals surface area (Å²) in [5, 5.41) is 17.3. The summed E-state index contributed by atoms with van der Waals surface area (Å²) in [6, 6.07) is 9.89. The average Bonchev–Trinajstić information content (AvgIpc) is 2.60. The Morgan fingerprint density at radius 1 is 1.11 bits per heavy atom. The molecule has 0 saturated carbocycles. The van der Waals surface area contributed by atoms with Gasteiger partial charge in [0.2, 0.25) is 0 Å². The highest BCUT2D eigenvalue weighted by Gasteiger charge is 2.26. The van der Waals surface area contributed by atoms with Crippen molar-refractivity contribution in [3.63, 3.8) is 0 Å². The van der Waals surface area contributed by atoms with Crippen molar-refractivity contribution in [3.05, 3.63) is 53.1 Å². The van der Waals surface area contributed by atoms with Gasteiger partial charge in [0.1, 0.15) is 11.3 Å². The third kappa shape index (κ3) is 4.78. The fourth-order valence-corrected chi connectivity index (χ4v) is 3.08. The van der Waals surface area contributed by atoms with Crippen molar-refractivity contribution < 1.29 is 24.5 Å². The van der Waals surface area contributed by atoms with Gasteiger partial charge in [0.25, 0.3) is 0 Å². The zero-order valence-electron chi connectivity index (χ0n) is 16.2. The van der Waals surface area contributed by atoms with E-state index >= 15 is 0 Å². The van der Waals surface area contributed by atoms with Crippen LogP contribution in [0, 0.1) is 0 Å². The van der Waals surface area contributed by atoms with Crippen molar-refractivity contribution in [3.8, 4) is 17.2 Å². The first-order valence-corrected chi connectivity index (χ1v) is 8.51. The summed E-state index contributed by atoms with van der Waals surface area (Å²) in [4.78, 5) is 15.0. The van der Waals surface area contributed by atoms with Gasteiger partial charge in [0.15, 0.2) is 11.5 Å². The van der Waals surface area contributed by atoms with E-state index in [-0.39, 0.29) is 16.9 Å². The van der Waals surface area contributed by atoms with Gasteiger partial charge in [-0.2, -0.15) is 0 Å². The minimum atomic E-state index is -1.11. The highest BCUT2D eigenvalue weighted by atomic mass is 16.5. The molecule has 0 unspecified atom stereocenters. The van der Waals surface area contributed by atoms with E-state index in [2.05, 4.69) is 19.9 Å². The Hall–Kier alpha value is -3.02. The van der Waals surface area contributed by atoms with E-state index in [1.165, 1.54) is 23.3 Å². The summed E-state index contributed by atoms with van der Waals surface area (Å²) in [6.07, 6.45) is 0.931. The number of para-hydroxylation sites is 1. The lowest BCUT2D eigenvalue weighted by atomic mass is 9.87. The number of ether oxygens (including phenoxy) is 2. The quantitative estimate of drug-likeness (QED) is 0.853. The first-order chi connectivity index (χ1) is 12.7. The number of nitrogens with zero attached hydrogens (tertiary/aromatic N) is 1. The number of carboxylic acids is 1. The molecular weight excluding hydrogens is 346 g/mol. The molecule has 0 spiro atoms. The van der Waals surface area contributed by atoms with E-state index in [0.29, 0.717) is 0 Å². The second kappa shape index (κ2) is 8.12. The third-order valence-corrected chi connectivity index (χ3v) is 4.23. The molecule has 27 heavy (non-hydrogen) atoms. The van der Waals surface area contributed by atoms with Crippen LogP contribution in [0.25, 0.3) is 0 Å². The molecule has 6 nitrogen and oxygen atoms in total. The molecule has 2 N–H and O–H groups in total. The van der Waals surface area contributed by atoms with Crippen LogP contribution in [-0.2, 0) is 6.42 Å². The molecule has 2 aromatic carbocycles. The number of hydrogen-bond donors (Lipinski definition) is 2. The van der Waals surface area contributed by atoms with Gasteiger partial charge in [-0.25, -0.2) is 4.79 Å². The van der Waals surface area contributed by atoms with Gasteiger partial charge in [0, 0.05) is 11.3 Å². The number of aromatic carboxylic acids is 1. The Morgan fingerprint density at radius 3 is 2.22 bits per heavy atom. The number of carboxylic acid groups (broad SMARTS) is 1. The van der Waals surface area contributed by atoms with Gasteiger partial charge in [-0.3, -0.25) is 4.99 Å². The van der Waals surface area contributed by atoms with Crippen molar-refractivity contribution in [1.82, 2.24) is 0 Å². The maximum atomic E-state index is 10.3. The molecule has 0 atom stereocenters. The monoisotopic (exact) mass is 371 g/mol. The first-order valence-electron chi connectivity index (χ1n) is 8.51. The van der Waals surface area contributed by atoms with Crippen LogP contribution in [0.4, 0.5) is 0 Å². The number of hydrogen-bond acceptors (Lipinski definition) is 5. The highest BCUT2D eigenvalue weighted by molar-refractivity contribution is 6.01. The fourth-order valence-electron chi connectivity index (χ4n) is 3.08. The van der Waals surface area contributed by atoms with E-state index < -0.39 is 5.97 Å². The predicted octanol–water partition coefficient (Wildman–Crippen LogP) is 3.94. The Balaban J connectivity index is 0.000000223. The zero-order chi connectivity index (χ0) is 20.2. The van der Waals surface area contributed by atoms with Crippen molar-refractivity contribution >= 4 is 11.7 Å². The van der Waals surface area contributed by atoms with Gasteiger partial charge in [-0.05, 0) is 57.0 Å². The van der Waals surface area contributed by atoms with Gasteiger partial charge < -0.3 is 19.7 Å². The molecule has 144 valence electrons. The number of benzene rings is 2. The summed E-state index contributed by atoms with van der Waals surface area (Å²) in [6.45, 7) is 6.35. The lowest BCUT2D eigenvalue weighted by Crippen LogP contribution is -2.27. The molecule has 0 fully saturated rings. The number of methoxy groups -OCH3 is 2. The summed E-state index contributed by atoms with van der Waals surface area (Å²) < 4.78 is 10.7. The van der Waals surface area contributed by atoms with Gasteiger partial charge >= 0.3 is 5.97 Å². The van der Waals surface area contributed by atoms with Crippen LogP contribution in [-0.4, -0.2) is 41.7 Å². The SMILES string of the molecule is COc1cc2c(cc1OC)C(C)=NC(C)(C)C2.O=C(O)c1ccccc1O. The molecule has 6 heteroatoms. The predicted molar refractivity (Wildman–Crippen MR) is 105 cm³/mol. The molecule has 1 aliphatic rings. The molecule has 0 aromatic heterocycles. The molecule has 0 saturated heterocycles. The molecular formula is C21H25NO5. The summed E-state index contributed by atoms with van der Waals surface area (Å²) in [5.41, 5.74) is 3.42. The van der Waals surface area contributed by atoms with Crippen LogP contribution in [0.2, 0.25) is 0 Å². The molecule has 0 amide bonds. The van der Waals surface area contributed by atoms with Gasteiger partial charge in [0.05, 0.1) is 19.8 Å². The van der Waals surface area contributed by atoms with Crippen LogP contribution in [0.1, 0.15) is 42.3 Å². The number of aliphatic imine (C=N–C) groups is 1. The molecule has 2 aromatic rings. The fraction of sp³-hybridized carbons (Fsp3) is 0.333. The second-order valence-corrected chi connectivity index (χ2v) is 6.87. The topological polar surface area (TPSA) is 88.4 Å². The molecule has 3 rings (SSSR count). The van der Waals surface area contributed by atoms with E-state index in [9.17, 15) is 4.79 Å². The van der Waals surface area contributed by atoms with E-state index in [4.69, 9.17) is 24.7 Å². The number of rotatable bonds is 3. The molecule has 1 aliphatic heterocycles. The number of phenols is 1. The van der Waals surface area contributed by atoms with Crippen LogP contribution in [0.15, 0.2) is 41.4 Å². The Kier molecular flexibility index (Phi) is 6.10. The maximum Gasteiger partial charge on any atom is 0.339 e. The minimum absolute atomic E-state index is 0.0311. The van der Waals surface area contributed by atoms with Crippen molar-refractivity contribution in [2.24, 2.45) is 4.99 Å². The van der Waals surface area contributed by atoms with Gasteiger partial charge in [-0.15, -0.1) is 0 Å². The third-order valence-electron chi connectivity index (χ3n) is 4.23. The van der Waals surface area contributed by atoms with E-state index in [1.807, 2.05) is 13.0 Å².